The summed E-state index contributed by atoms with van der Waals surface area (Å²) in [6.45, 7) is 5.85. The van der Waals surface area contributed by atoms with Gasteiger partial charge in [0, 0.05) is 6.20 Å². The minimum atomic E-state index is -0.612. The van der Waals surface area contributed by atoms with E-state index in [0.717, 1.165) is 5.69 Å². The summed E-state index contributed by atoms with van der Waals surface area (Å²) in [6.07, 6.45) is 1.72. The number of nitrogens with zero attached hydrogens (tertiary/aromatic N) is 4. The lowest BCUT2D eigenvalue weighted by Gasteiger charge is -2.11. The van der Waals surface area contributed by atoms with Crippen LogP contribution in [0, 0.1) is 6.92 Å². The van der Waals surface area contributed by atoms with E-state index < -0.39 is 5.54 Å². The molecule has 6 nitrogen and oxygen atoms in total. The van der Waals surface area contributed by atoms with Crippen LogP contribution in [0.1, 0.15) is 31.3 Å². The molecule has 17 heavy (non-hydrogen) atoms. The third-order valence-corrected chi connectivity index (χ3v) is 2.60. The second-order valence-corrected chi connectivity index (χ2v) is 4.90. The first-order valence-corrected chi connectivity index (χ1v) is 5.55. The van der Waals surface area contributed by atoms with E-state index in [1.54, 1.807) is 10.9 Å². The van der Waals surface area contributed by atoms with Crippen LogP contribution in [-0.4, -0.2) is 19.9 Å². The number of aromatic nitrogens is 4. The van der Waals surface area contributed by atoms with Gasteiger partial charge in [0.1, 0.15) is 6.54 Å². The molecule has 0 aliphatic rings. The zero-order chi connectivity index (χ0) is 12.6. The van der Waals surface area contributed by atoms with Gasteiger partial charge in [-0.2, -0.15) is 10.1 Å². The highest BCUT2D eigenvalue weighted by Crippen LogP contribution is 2.15. The first kappa shape index (κ1) is 12.1. The Morgan fingerprint density at radius 1 is 1.53 bits per heavy atom. The van der Waals surface area contributed by atoms with Crippen LogP contribution < -0.4 is 5.73 Å². The van der Waals surface area contributed by atoms with Crippen molar-refractivity contribution in [3.05, 3.63) is 28.6 Å². The van der Waals surface area contributed by atoms with Crippen molar-refractivity contribution in [1.29, 1.82) is 0 Å². The molecule has 0 bridgehead atoms. The van der Waals surface area contributed by atoms with E-state index in [1.807, 2.05) is 20.8 Å². The molecule has 2 aromatic heterocycles. The Bertz CT molecular complexity index is 506. The molecule has 2 aromatic rings. The topological polar surface area (TPSA) is 82.8 Å². The third-order valence-electron chi connectivity index (χ3n) is 2.23. The number of rotatable bonds is 3. The molecule has 0 unspecified atom stereocenters. The molecule has 92 valence electrons. The Balaban J connectivity index is 2.17. The summed E-state index contributed by atoms with van der Waals surface area (Å²) in [6, 6.07) is 0. The number of halogens is 1. The summed E-state index contributed by atoms with van der Waals surface area (Å²) in [7, 11) is 0. The molecule has 2 N–H and O–H groups in total. The van der Waals surface area contributed by atoms with Gasteiger partial charge in [-0.25, -0.2) is 0 Å². The van der Waals surface area contributed by atoms with E-state index in [4.69, 9.17) is 21.9 Å². The maximum absolute atomic E-state index is 5.90. The number of hydrogen-bond acceptors (Lipinski definition) is 5. The Hall–Kier alpha value is -1.40. The molecular weight excluding hydrogens is 242 g/mol. The van der Waals surface area contributed by atoms with Crippen molar-refractivity contribution in [1.82, 2.24) is 19.9 Å². The highest BCUT2D eigenvalue weighted by molar-refractivity contribution is 6.31. The quantitative estimate of drug-likeness (QED) is 0.898. The van der Waals surface area contributed by atoms with Crippen LogP contribution >= 0.6 is 11.6 Å². The fourth-order valence-electron chi connectivity index (χ4n) is 1.29. The lowest BCUT2D eigenvalue weighted by molar-refractivity contribution is 0.351. The summed E-state index contributed by atoms with van der Waals surface area (Å²) in [5.41, 5.74) is 6.02. The second-order valence-electron chi connectivity index (χ2n) is 4.49. The van der Waals surface area contributed by atoms with Crippen molar-refractivity contribution < 1.29 is 4.52 Å². The summed E-state index contributed by atoms with van der Waals surface area (Å²) in [5.74, 6) is 0.931. The minimum Gasteiger partial charge on any atom is -0.337 e. The summed E-state index contributed by atoms with van der Waals surface area (Å²) in [4.78, 5) is 4.21. The Kier molecular flexibility index (Phi) is 2.92. The number of aryl methyl sites for hydroxylation is 1. The lowest BCUT2D eigenvalue weighted by atomic mass is 10.1. The lowest BCUT2D eigenvalue weighted by Crippen LogP contribution is -2.30. The van der Waals surface area contributed by atoms with Gasteiger partial charge >= 0.3 is 0 Å². The molecule has 0 saturated heterocycles. The molecule has 0 aliphatic heterocycles. The van der Waals surface area contributed by atoms with Gasteiger partial charge in [0.05, 0.1) is 16.3 Å². The van der Waals surface area contributed by atoms with Crippen LogP contribution in [0.15, 0.2) is 10.7 Å². The van der Waals surface area contributed by atoms with Crippen molar-refractivity contribution in [2.24, 2.45) is 5.73 Å². The predicted octanol–water partition coefficient (Wildman–Crippen LogP) is 1.47. The molecule has 0 amide bonds. The smallest absolute Gasteiger partial charge is 0.248 e. The standard InChI is InChI=1S/C10H14ClN5O/c1-6-7(11)4-16(14-6)5-8-13-9(15-17-8)10(2,3)12/h4H,5,12H2,1-3H3. The van der Waals surface area contributed by atoms with Gasteiger partial charge in [-0.05, 0) is 20.8 Å². The Morgan fingerprint density at radius 3 is 2.71 bits per heavy atom. The predicted molar refractivity (Wildman–Crippen MR) is 62.6 cm³/mol. The van der Waals surface area contributed by atoms with Gasteiger partial charge in [0.15, 0.2) is 5.82 Å². The molecule has 0 atom stereocenters. The molecule has 0 saturated carbocycles. The molecule has 2 heterocycles. The van der Waals surface area contributed by atoms with Crippen molar-refractivity contribution in [2.45, 2.75) is 32.9 Å². The minimum absolute atomic E-state index is 0.386. The molecule has 0 fully saturated rings. The van der Waals surface area contributed by atoms with Crippen molar-refractivity contribution in [2.75, 3.05) is 0 Å². The third kappa shape index (κ3) is 2.65. The summed E-state index contributed by atoms with van der Waals surface area (Å²) in [5, 5.41) is 8.64. The first-order chi connectivity index (χ1) is 7.86. The Morgan fingerprint density at radius 2 is 2.24 bits per heavy atom. The van der Waals surface area contributed by atoms with Crippen LogP contribution in [0.2, 0.25) is 5.02 Å². The van der Waals surface area contributed by atoms with Gasteiger partial charge in [-0.15, -0.1) is 0 Å². The fourth-order valence-corrected chi connectivity index (χ4v) is 1.44. The first-order valence-electron chi connectivity index (χ1n) is 5.18. The molecular formula is C10H14ClN5O. The van der Waals surface area contributed by atoms with E-state index in [9.17, 15) is 0 Å². The van der Waals surface area contributed by atoms with E-state index in [-0.39, 0.29) is 0 Å². The van der Waals surface area contributed by atoms with E-state index in [0.29, 0.717) is 23.3 Å². The number of hydrogen-bond donors (Lipinski definition) is 1. The average Bonchev–Trinajstić information content (AvgIpc) is 2.75. The average molecular weight is 256 g/mol. The van der Waals surface area contributed by atoms with Gasteiger partial charge in [0.2, 0.25) is 5.89 Å². The summed E-state index contributed by atoms with van der Waals surface area (Å²) >= 11 is 5.90. The van der Waals surface area contributed by atoms with Crippen molar-refractivity contribution >= 4 is 11.6 Å². The van der Waals surface area contributed by atoms with Crippen molar-refractivity contribution in [3.63, 3.8) is 0 Å². The Labute approximate surface area is 104 Å². The monoisotopic (exact) mass is 255 g/mol. The van der Waals surface area contributed by atoms with E-state index >= 15 is 0 Å². The SMILES string of the molecule is Cc1nn(Cc2nc(C(C)(C)N)no2)cc1Cl. The molecule has 0 radical (unpaired) electrons. The van der Waals surface area contributed by atoms with Crippen molar-refractivity contribution in [3.8, 4) is 0 Å². The molecule has 2 rings (SSSR count). The van der Waals surface area contributed by atoms with Crippen LogP contribution in [0.25, 0.3) is 0 Å². The normalized spacial score (nSPS) is 12.1. The van der Waals surface area contributed by atoms with Crippen LogP contribution in [-0.2, 0) is 12.1 Å². The van der Waals surface area contributed by atoms with Gasteiger partial charge < -0.3 is 10.3 Å². The van der Waals surface area contributed by atoms with E-state index in [1.165, 1.54) is 0 Å². The highest BCUT2D eigenvalue weighted by Gasteiger charge is 2.21. The van der Waals surface area contributed by atoms with Gasteiger partial charge in [0.25, 0.3) is 0 Å². The van der Waals surface area contributed by atoms with Gasteiger partial charge in [-0.3, -0.25) is 4.68 Å². The molecule has 0 aromatic carbocycles. The zero-order valence-electron chi connectivity index (χ0n) is 9.94. The second kappa shape index (κ2) is 4.12. The fraction of sp³-hybridized carbons (Fsp3) is 0.500. The van der Waals surface area contributed by atoms with Crippen LogP contribution in [0.3, 0.4) is 0 Å². The van der Waals surface area contributed by atoms with E-state index in [2.05, 4.69) is 15.2 Å². The maximum atomic E-state index is 5.90. The number of nitrogens with two attached hydrogens (primary N) is 1. The molecule has 0 spiro atoms. The van der Waals surface area contributed by atoms with Crippen LogP contribution in [0.4, 0.5) is 0 Å². The van der Waals surface area contributed by atoms with Gasteiger partial charge in [-0.1, -0.05) is 16.8 Å². The zero-order valence-corrected chi connectivity index (χ0v) is 10.7. The summed E-state index contributed by atoms with van der Waals surface area (Å²) < 4.78 is 6.75. The molecule has 7 heteroatoms. The highest BCUT2D eigenvalue weighted by atomic mass is 35.5. The van der Waals surface area contributed by atoms with Crippen LogP contribution in [0.5, 0.6) is 0 Å². The largest absolute Gasteiger partial charge is 0.337 e. The maximum Gasteiger partial charge on any atom is 0.248 e. The molecule has 0 aliphatic carbocycles.